The van der Waals surface area contributed by atoms with Crippen molar-refractivity contribution in [1.29, 1.82) is 0 Å². The molecule has 0 unspecified atom stereocenters. The summed E-state index contributed by atoms with van der Waals surface area (Å²) in [4.78, 5) is 11.9. The molecular weight excluding hydrogens is 318 g/mol. The average molecular weight is 340 g/mol. The second-order valence-electron chi connectivity index (χ2n) is 6.61. The van der Waals surface area contributed by atoms with E-state index in [1.54, 1.807) is 0 Å². The van der Waals surface area contributed by atoms with Gasteiger partial charge in [0, 0.05) is 10.0 Å². The summed E-state index contributed by atoms with van der Waals surface area (Å²) in [6, 6.07) is 6.20. The number of benzene rings is 1. The Bertz CT molecular complexity index is 516. The quantitative estimate of drug-likeness (QED) is 0.888. The van der Waals surface area contributed by atoms with Gasteiger partial charge < -0.3 is 10.1 Å². The van der Waals surface area contributed by atoms with Gasteiger partial charge in [0.15, 0.2) is 0 Å². The van der Waals surface area contributed by atoms with Crippen LogP contribution in [0.25, 0.3) is 0 Å². The largest absolute Gasteiger partial charge is 0.444 e. The van der Waals surface area contributed by atoms with Crippen molar-refractivity contribution in [3.63, 3.8) is 0 Å². The Morgan fingerprint density at radius 1 is 1.40 bits per heavy atom. The number of rotatable bonds is 3. The lowest BCUT2D eigenvalue weighted by Crippen LogP contribution is -2.42. The van der Waals surface area contributed by atoms with Gasteiger partial charge in [0.2, 0.25) is 0 Å². The Hall–Kier alpha value is -1.03. The Labute approximate surface area is 129 Å². The average Bonchev–Trinajstić information content (AvgIpc) is 3.02. The van der Waals surface area contributed by atoms with Gasteiger partial charge in [0.05, 0.1) is 0 Å². The summed E-state index contributed by atoms with van der Waals surface area (Å²) in [5.74, 6) is 0. The third-order valence-electron chi connectivity index (χ3n) is 3.53. The van der Waals surface area contributed by atoms with Crippen molar-refractivity contribution >= 4 is 22.0 Å². The van der Waals surface area contributed by atoms with E-state index in [2.05, 4.69) is 34.2 Å². The SMILES string of the molecule is Cc1c(Br)cccc1CC1(NC(=O)OC(C)(C)C)CC1. The van der Waals surface area contributed by atoms with Gasteiger partial charge in [0.25, 0.3) is 0 Å². The molecule has 1 fully saturated rings. The van der Waals surface area contributed by atoms with Crippen LogP contribution >= 0.6 is 15.9 Å². The van der Waals surface area contributed by atoms with Crippen LogP contribution < -0.4 is 5.32 Å². The van der Waals surface area contributed by atoms with Gasteiger partial charge >= 0.3 is 6.09 Å². The zero-order valence-corrected chi connectivity index (χ0v) is 14.1. The molecule has 2 rings (SSSR count). The van der Waals surface area contributed by atoms with Crippen LogP contribution in [0.3, 0.4) is 0 Å². The maximum Gasteiger partial charge on any atom is 0.408 e. The minimum Gasteiger partial charge on any atom is -0.444 e. The zero-order valence-electron chi connectivity index (χ0n) is 12.5. The molecule has 0 spiro atoms. The Morgan fingerprint density at radius 3 is 2.60 bits per heavy atom. The van der Waals surface area contributed by atoms with E-state index in [0.717, 1.165) is 23.7 Å². The minimum absolute atomic E-state index is 0.117. The second kappa shape index (κ2) is 5.40. The van der Waals surface area contributed by atoms with E-state index in [-0.39, 0.29) is 11.6 Å². The number of hydrogen-bond acceptors (Lipinski definition) is 2. The summed E-state index contributed by atoms with van der Waals surface area (Å²) in [5.41, 5.74) is 1.94. The summed E-state index contributed by atoms with van der Waals surface area (Å²) in [7, 11) is 0. The highest BCUT2D eigenvalue weighted by Crippen LogP contribution is 2.40. The number of amides is 1. The fourth-order valence-electron chi connectivity index (χ4n) is 2.23. The fourth-order valence-corrected chi connectivity index (χ4v) is 2.63. The number of nitrogens with one attached hydrogen (secondary N) is 1. The van der Waals surface area contributed by atoms with Crippen molar-refractivity contribution in [3.8, 4) is 0 Å². The lowest BCUT2D eigenvalue weighted by atomic mass is 10.00. The standard InChI is InChI=1S/C16H22BrNO2/c1-11-12(6-5-7-13(11)17)10-16(8-9-16)18-14(19)20-15(2,3)4/h5-7H,8-10H2,1-4H3,(H,18,19). The van der Waals surface area contributed by atoms with Gasteiger partial charge in [-0.05, 0) is 64.2 Å². The number of halogens is 1. The molecule has 0 aliphatic heterocycles. The number of carbonyl (C=O) groups is 1. The monoisotopic (exact) mass is 339 g/mol. The Balaban J connectivity index is 2.02. The molecule has 0 aromatic heterocycles. The molecule has 1 aliphatic rings. The topological polar surface area (TPSA) is 38.3 Å². The van der Waals surface area contributed by atoms with E-state index in [4.69, 9.17) is 4.74 Å². The van der Waals surface area contributed by atoms with Crippen LogP contribution in [0, 0.1) is 6.92 Å². The molecule has 0 radical (unpaired) electrons. The van der Waals surface area contributed by atoms with E-state index in [0.29, 0.717) is 0 Å². The summed E-state index contributed by atoms with van der Waals surface area (Å²) in [6.45, 7) is 7.74. The van der Waals surface area contributed by atoms with E-state index < -0.39 is 5.60 Å². The lowest BCUT2D eigenvalue weighted by molar-refractivity contribution is 0.0496. The molecule has 1 amide bonds. The highest BCUT2D eigenvalue weighted by atomic mass is 79.9. The first-order valence-corrected chi connectivity index (χ1v) is 7.75. The molecule has 1 aromatic carbocycles. The summed E-state index contributed by atoms with van der Waals surface area (Å²) in [5, 5.41) is 3.04. The van der Waals surface area contributed by atoms with Crippen LogP contribution in [0.4, 0.5) is 4.79 Å². The van der Waals surface area contributed by atoms with E-state index in [9.17, 15) is 4.79 Å². The zero-order chi connectivity index (χ0) is 15.0. The molecule has 110 valence electrons. The second-order valence-corrected chi connectivity index (χ2v) is 7.46. The fraction of sp³-hybridized carbons (Fsp3) is 0.562. The van der Waals surface area contributed by atoms with Gasteiger partial charge in [0.1, 0.15) is 5.60 Å². The Kier molecular flexibility index (Phi) is 4.14. The van der Waals surface area contributed by atoms with Crippen molar-refractivity contribution in [2.24, 2.45) is 0 Å². The Morgan fingerprint density at radius 2 is 2.05 bits per heavy atom. The molecule has 1 saturated carbocycles. The molecule has 3 nitrogen and oxygen atoms in total. The molecule has 1 aliphatic carbocycles. The first-order chi connectivity index (χ1) is 9.21. The first-order valence-electron chi connectivity index (χ1n) is 6.96. The third kappa shape index (κ3) is 3.98. The lowest BCUT2D eigenvalue weighted by Gasteiger charge is -2.24. The van der Waals surface area contributed by atoms with Gasteiger partial charge in [-0.1, -0.05) is 28.1 Å². The summed E-state index contributed by atoms with van der Waals surface area (Å²) >= 11 is 3.55. The normalized spacial score (nSPS) is 16.6. The number of ether oxygens (including phenoxy) is 1. The van der Waals surface area contributed by atoms with Crippen LogP contribution in [0.5, 0.6) is 0 Å². The van der Waals surface area contributed by atoms with Crippen LogP contribution in [-0.2, 0) is 11.2 Å². The van der Waals surface area contributed by atoms with Crippen molar-refractivity contribution in [3.05, 3.63) is 33.8 Å². The predicted molar refractivity (Wildman–Crippen MR) is 83.9 cm³/mol. The minimum atomic E-state index is -0.453. The maximum atomic E-state index is 11.9. The van der Waals surface area contributed by atoms with Crippen molar-refractivity contribution < 1.29 is 9.53 Å². The van der Waals surface area contributed by atoms with Crippen molar-refractivity contribution in [1.82, 2.24) is 5.32 Å². The molecule has 4 heteroatoms. The van der Waals surface area contributed by atoms with Crippen LogP contribution in [0.1, 0.15) is 44.7 Å². The van der Waals surface area contributed by atoms with Crippen LogP contribution in [-0.4, -0.2) is 17.2 Å². The van der Waals surface area contributed by atoms with Crippen LogP contribution in [0.15, 0.2) is 22.7 Å². The molecule has 0 heterocycles. The molecule has 0 bridgehead atoms. The van der Waals surface area contributed by atoms with Gasteiger partial charge in [-0.15, -0.1) is 0 Å². The summed E-state index contributed by atoms with van der Waals surface area (Å²) in [6.07, 6.45) is 2.57. The molecule has 1 aromatic rings. The highest BCUT2D eigenvalue weighted by Gasteiger charge is 2.45. The van der Waals surface area contributed by atoms with E-state index in [1.807, 2.05) is 32.9 Å². The smallest absolute Gasteiger partial charge is 0.408 e. The number of carbonyl (C=O) groups excluding carboxylic acids is 1. The predicted octanol–water partition coefficient (Wildman–Crippen LogP) is 4.36. The van der Waals surface area contributed by atoms with E-state index in [1.165, 1.54) is 11.1 Å². The highest BCUT2D eigenvalue weighted by molar-refractivity contribution is 9.10. The van der Waals surface area contributed by atoms with E-state index >= 15 is 0 Å². The molecule has 20 heavy (non-hydrogen) atoms. The molecule has 1 N–H and O–H groups in total. The summed E-state index contributed by atoms with van der Waals surface area (Å²) < 4.78 is 6.46. The van der Waals surface area contributed by atoms with Gasteiger partial charge in [-0.25, -0.2) is 4.79 Å². The van der Waals surface area contributed by atoms with Crippen molar-refractivity contribution in [2.75, 3.05) is 0 Å². The maximum absolute atomic E-state index is 11.9. The van der Waals surface area contributed by atoms with Gasteiger partial charge in [-0.2, -0.15) is 0 Å². The number of hydrogen-bond donors (Lipinski definition) is 1. The van der Waals surface area contributed by atoms with Gasteiger partial charge in [-0.3, -0.25) is 0 Å². The molecular formula is C16H22BrNO2. The molecule has 0 atom stereocenters. The van der Waals surface area contributed by atoms with Crippen molar-refractivity contribution in [2.45, 2.75) is 58.1 Å². The first kappa shape index (κ1) is 15.4. The third-order valence-corrected chi connectivity index (χ3v) is 4.39. The van der Waals surface area contributed by atoms with Crippen LogP contribution in [0.2, 0.25) is 0 Å². The molecule has 0 saturated heterocycles. The number of alkyl carbamates (subject to hydrolysis) is 1.